The summed E-state index contributed by atoms with van der Waals surface area (Å²) in [6.45, 7) is 5.30. The van der Waals surface area contributed by atoms with Crippen molar-refractivity contribution in [2.45, 2.75) is 32.6 Å². The summed E-state index contributed by atoms with van der Waals surface area (Å²) in [5.74, 6) is -0.420. The normalized spacial score (nSPS) is 18.1. The van der Waals surface area contributed by atoms with E-state index >= 15 is 0 Å². The first-order chi connectivity index (χ1) is 14.1. The van der Waals surface area contributed by atoms with Crippen molar-refractivity contribution >= 4 is 0 Å². The molecule has 29 heavy (non-hydrogen) atoms. The van der Waals surface area contributed by atoms with Crippen molar-refractivity contribution in [3.63, 3.8) is 0 Å². The number of aryl methyl sites for hydroxylation is 1. The lowest BCUT2D eigenvalue weighted by Gasteiger charge is -2.44. The van der Waals surface area contributed by atoms with Crippen LogP contribution in [-0.4, -0.2) is 22.9 Å². The van der Waals surface area contributed by atoms with Gasteiger partial charge in [-0.15, -0.1) is 0 Å². The number of nitrogens with zero attached hydrogens (tertiary/aromatic N) is 2. The predicted octanol–water partition coefficient (Wildman–Crippen LogP) is 5.68. The van der Waals surface area contributed by atoms with E-state index in [9.17, 15) is 8.78 Å². The molecular weight excluding hydrogens is 366 g/mol. The summed E-state index contributed by atoms with van der Waals surface area (Å²) in [5, 5.41) is 0. The highest BCUT2D eigenvalue weighted by molar-refractivity contribution is 5.25. The van der Waals surface area contributed by atoms with Gasteiger partial charge in [-0.1, -0.05) is 60.2 Å². The average Bonchev–Trinajstić information content (AvgIpc) is 2.71. The van der Waals surface area contributed by atoms with Crippen molar-refractivity contribution in [3.8, 4) is 0 Å². The van der Waals surface area contributed by atoms with Gasteiger partial charge in [-0.25, -0.2) is 8.78 Å². The molecule has 0 saturated carbocycles. The Bertz CT molecular complexity index is 955. The minimum Gasteiger partial charge on any atom is -0.280 e. The number of halogens is 2. The van der Waals surface area contributed by atoms with E-state index < -0.39 is 0 Å². The molecule has 4 rings (SSSR count). The van der Waals surface area contributed by atoms with E-state index in [1.165, 1.54) is 29.3 Å². The molecule has 0 bridgehead atoms. The molecule has 1 heterocycles. The van der Waals surface area contributed by atoms with Gasteiger partial charge in [-0.3, -0.25) is 9.80 Å². The monoisotopic (exact) mass is 392 g/mol. The van der Waals surface area contributed by atoms with E-state index in [2.05, 4.69) is 41.0 Å². The number of rotatable bonds is 5. The van der Waals surface area contributed by atoms with Crippen LogP contribution in [0, 0.1) is 18.6 Å². The van der Waals surface area contributed by atoms with Gasteiger partial charge in [0.1, 0.15) is 11.6 Å². The maximum atomic E-state index is 14.8. The molecule has 4 heteroatoms. The topological polar surface area (TPSA) is 6.48 Å². The van der Waals surface area contributed by atoms with Crippen LogP contribution in [0.15, 0.2) is 72.8 Å². The van der Waals surface area contributed by atoms with Gasteiger partial charge in [0.2, 0.25) is 0 Å². The summed E-state index contributed by atoms with van der Waals surface area (Å²) in [7, 11) is 0. The van der Waals surface area contributed by atoms with E-state index in [4.69, 9.17) is 0 Å². The second kappa shape index (κ2) is 8.85. The summed E-state index contributed by atoms with van der Waals surface area (Å²) < 4.78 is 28.1. The molecule has 0 amide bonds. The number of hydrogen-bond acceptors (Lipinski definition) is 2. The fourth-order valence-corrected chi connectivity index (χ4v) is 4.23. The van der Waals surface area contributed by atoms with Gasteiger partial charge in [0.25, 0.3) is 0 Å². The lowest BCUT2D eigenvalue weighted by atomic mass is 10.0. The van der Waals surface area contributed by atoms with Gasteiger partial charge >= 0.3 is 0 Å². The van der Waals surface area contributed by atoms with Crippen molar-refractivity contribution in [3.05, 3.63) is 107 Å². The van der Waals surface area contributed by atoms with Gasteiger partial charge in [0.15, 0.2) is 0 Å². The summed E-state index contributed by atoms with van der Waals surface area (Å²) in [6.07, 6.45) is 0.855. The third kappa shape index (κ3) is 4.72. The second-order valence-corrected chi connectivity index (χ2v) is 7.81. The van der Waals surface area contributed by atoms with Crippen LogP contribution in [0.2, 0.25) is 0 Å². The Kier molecular flexibility index (Phi) is 6.02. The standard InChI is InChI=1S/C25H26F2N2/c1-19-6-4-7-21(16-19)18-29-15-5-14-28(17-20-10-12-22(26)13-11-20)25(29)23-8-2-3-9-24(23)27/h2-4,6-13,16,25H,5,14-15,17-18H2,1H3/t25-/m1/s1. The number of benzene rings is 3. The molecule has 1 aliphatic rings. The molecule has 1 aliphatic heterocycles. The van der Waals surface area contributed by atoms with Crippen molar-refractivity contribution in [2.24, 2.45) is 0 Å². The maximum absolute atomic E-state index is 14.8. The highest BCUT2D eigenvalue weighted by Gasteiger charge is 2.32. The Labute approximate surface area is 171 Å². The summed E-state index contributed by atoms with van der Waals surface area (Å²) in [4.78, 5) is 4.64. The number of hydrogen-bond donors (Lipinski definition) is 0. The van der Waals surface area contributed by atoms with Gasteiger partial charge < -0.3 is 0 Å². The molecule has 0 aliphatic carbocycles. The maximum Gasteiger partial charge on any atom is 0.129 e. The zero-order valence-corrected chi connectivity index (χ0v) is 16.7. The summed E-state index contributed by atoms with van der Waals surface area (Å²) in [5.41, 5.74) is 4.19. The first-order valence-corrected chi connectivity index (χ1v) is 10.1. The van der Waals surface area contributed by atoms with Crippen LogP contribution in [0.3, 0.4) is 0 Å². The summed E-state index contributed by atoms with van der Waals surface area (Å²) in [6, 6.07) is 22.1. The molecule has 1 saturated heterocycles. The zero-order valence-electron chi connectivity index (χ0n) is 16.7. The van der Waals surface area contributed by atoms with Gasteiger partial charge in [-0.2, -0.15) is 0 Å². The van der Waals surface area contributed by atoms with Crippen LogP contribution in [0.5, 0.6) is 0 Å². The van der Waals surface area contributed by atoms with Crippen molar-refractivity contribution in [2.75, 3.05) is 13.1 Å². The minimum absolute atomic E-state index is 0.157. The molecule has 150 valence electrons. The Morgan fingerprint density at radius 1 is 0.793 bits per heavy atom. The first kappa shape index (κ1) is 19.7. The van der Waals surface area contributed by atoms with Crippen LogP contribution in [-0.2, 0) is 13.1 Å². The molecule has 3 aromatic carbocycles. The highest BCUT2D eigenvalue weighted by atomic mass is 19.1. The lowest BCUT2D eigenvalue weighted by molar-refractivity contribution is -0.0111. The van der Waals surface area contributed by atoms with Crippen LogP contribution >= 0.6 is 0 Å². The molecule has 0 unspecified atom stereocenters. The van der Waals surface area contributed by atoms with Crippen LogP contribution in [0.25, 0.3) is 0 Å². The molecular formula is C25H26F2N2. The molecule has 0 spiro atoms. The SMILES string of the molecule is Cc1cccc(CN2CCCN(Cc3ccc(F)cc3)[C@H]2c2ccccc2F)c1. The van der Waals surface area contributed by atoms with Crippen LogP contribution in [0.4, 0.5) is 8.78 Å². The van der Waals surface area contributed by atoms with E-state index in [0.717, 1.165) is 31.6 Å². The van der Waals surface area contributed by atoms with Crippen molar-refractivity contribution in [1.29, 1.82) is 0 Å². The molecule has 1 atom stereocenters. The van der Waals surface area contributed by atoms with Gasteiger partial charge in [0, 0.05) is 31.7 Å². The third-order valence-electron chi connectivity index (χ3n) is 5.53. The van der Waals surface area contributed by atoms with E-state index in [-0.39, 0.29) is 17.8 Å². The highest BCUT2D eigenvalue weighted by Crippen LogP contribution is 2.33. The smallest absolute Gasteiger partial charge is 0.129 e. The fraction of sp³-hybridized carbons (Fsp3) is 0.280. The molecule has 0 aromatic heterocycles. The Morgan fingerprint density at radius 2 is 1.48 bits per heavy atom. The fourth-order valence-electron chi connectivity index (χ4n) is 4.23. The Balaban J connectivity index is 1.66. The minimum atomic E-state index is -0.237. The third-order valence-corrected chi connectivity index (χ3v) is 5.53. The van der Waals surface area contributed by atoms with Crippen molar-refractivity contribution < 1.29 is 8.78 Å². The van der Waals surface area contributed by atoms with E-state index in [1.54, 1.807) is 6.07 Å². The largest absolute Gasteiger partial charge is 0.280 e. The molecule has 2 nitrogen and oxygen atoms in total. The van der Waals surface area contributed by atoms with E-state index in [1.807, 2.05) is 24.3 Å². The van der Waals surface area contributed by atoms with Crippen LogP contribution in [0.1, 0.15) is 34.8 Å². The van der Waals surface area contributed by atoms with Crippen molar-refractivity contribution in [1.82, 2.24) is 9.80 Å². The lowest BCUT2D eigenvalue weighted by Crippen LogP contribution is -2.47. The Morgan fingerprint density at radius 3 is 2.17 bits per heavy atom. The Hall–Kier alpha value is -2.56. The van der Waals surface area contributed by atoms with Gasteiger partial charge in [0.05, 0.1) is 6.17 Å². The molecule has 3 aromatic rings. The van der Waals surface area contributed by atoms with Crippen LogP contribution < -0.4 is 0 Å². The zero-order chi connectivity index (χ0) is 20.2. The van der Waals surface area contributed by atoms with E-state index in [0.29, 0.717) is 12.1 Å². The molecule has 0 radical (unpaired) electrons. The van der Waals surface area contributed by atoms with Gasteiger partial charge in [-0.05, 0) is 42.7 Å². The molecule has 1 fully saturated rings. The average molecular weight is 392 g/mol. The second-order valence-electron chi connectivity index (χ2n) is 7.81. The molecule has 0 N–H and O–H groups in total. The predicted molar refractivity (Wildman–Crippen MR) is 112 cm³/mol. The first-order valence-electron chi connectivity index (χ1n) is 10.1. The summed E-state index contributed by atoms with van der Waals surface area (Å²) >= 11 is 0. The quantitative estimate of drug-likeness (QED) is 0.551.